The summed E-state index contributed by atoms with van der Waals surface area (Å²) in [5.41, 5.74) is 2.57. The van der Waals surface area contributed by atoms with Gasteiger partial charge in [0.05, 0.1) is 0 Å². The Kier molecular flexibility index (Phi) is 3.95. The van der Waals surface area contributed by atoms with Crippen LogP contribution in [0.4, 0.5) is 5.95 Å². The van der Waals surface area contributed by atoms with E-state index in [2.05, 4.69) is 45.2 Å². The molecular weight excluding hydrogens is 246 g/mol. The summed E-state index contributed by atoms with van der Waals surface area (Å²) >= 11 is 0. The molecule has 1 aromatic heterocycles. The fourth-order valence-corrected chi connectivity index (χ4v) is 2.83. The normalized spacial score (nSPS) is 16.4. The molecule has 1 aromatic carbocycles. The third-order valence-electron chi connectivity index (χ3n) is 4.03. The van der Waals surface area contributed by atoms with Gasteiger partial charge in [-0.3, -0.25) is 0 Å². The number of benzene rings is 1. The van der Waals surface area contributed by atoms with Crippen molar-refractivity contribution < 1.29 is 0 Å². The SMILES string of the molecule is Cc1cnc(N2CCC(Cc3ccccc3)CC2)nc1. The molecule has 1 fully saturated rings. The molecule has 1 aliphatic rings. The monoisotopic (exact) mass is 267 g/mol. The summed E-state index contributed by atoms with van der Waals surface area (Å²) in [6, 6.07) is 10.8. The molecule has 0 unspecified atom stereocenters. The van der Waals surface area contributed by atoms with Gasteiger partial charge in [0.25, 0.3) is 0 Å². The molecule has 20 heavy (non-hydrogen) atoms. The van der Waals surface area contributed by atoms with Crippen LogP contribution in [0.2, 0.25) is 0 Å². The molecule has 3 heteroatoms. The lowest BCUT2D eigenvalue weighted by atomic mass is 9.90. The lowest BCUT2D eigenvalue weighted by Crippen LogP contribution is -2.35. The van der Waals surface area contributed by atoms with E-state index in [1.165, 1.54) is 24.8 Å². The number of anilines is 1. The Morgan fingerprint density at radius 2 is 1.70 bits per heavy atom. The van der Waals surface area contributed by atoms with Gasteiger partial charge in [-0.05, 0) is 43.2 Å². The predicted octanol–water partition coefficient (Wildman–Crippen LogP) is 3.24. The summed E-state index contributed by atoms with van der Waals surface area (Å²) < 4.78 is 0. The first-order chi connectivity index (χ1) is 9.81. The van der Waals surface area contributed by atoms with Crippen LogP contribution >= 0.6 is 0 Å². The lowest BCUT2D eigenvalue weighted by Gasteiger charge is -2.32. The fourth-order valence-electron chi connectivity index (χ4n) is 2.83. The Morgan fingerprint density at radius 3 is 2.35 bits per heavy atom. The summed E-state index contributed by atoms with van der Waals surface area (Å²) in [5, 5.41) is 0. The molecule has 104 valence electrons. The van der Waals surface area contributed by atoms with Gasteiger partial charge in [-0.2, -0.15) is 0 Å². The second-order valence-corrected chi connectivity index (χ2v) is 5.68. The van der Waals surface area contributed by atoms with E-state index in [0.29, 0.717) is 0 Å². The fraction of sp³-hybridized carbons (Fsp3) is 0.412. The minimum atomic E-state index is 0.791. The zero-order valence-corrected chi connectivity index (χ0v) is 12.0. The van der Waals surface area contributed by atoms with Gasteiger partial charge >= 0.3 is 0 Å². The van der Waals surface area contributed by atoms with Gasteiger partial charge in [0.2, 0.25) is 5.95 Å². The van der Waals surface area contributed by atoms with Gasteiger partial charge in [0.15, 0.2) is 0 Å². The molecule has 3 rings (SSSR count). The maximum Gasteiger partial charge on any atom is 0.225 e. The number of rotatable bonds is 3. The molecule has 3 nitrogen and oxygen atoms in total. The second-order valence-electron chi connectivity index (χ2n) is 5.68. The van der Waals surface area contributed by atoms with Crippen LogP contribution in [0.15, 0.2) is 42.7 Å². The summed E-state index contributed by atoms with van der Waals surface area (Å²) in [6.45, 7) is 4.16. The van der Waals surface area contributed by atoms with E-state index in [1.54, 1.807) is 0 Å². The molecule has 0 amide bonds. The first kappa shape index (κ1) is 13.1. The zero-order chi connectivity index (χ0) is 13.8. The summed E-state index contributed by atoms with van der Waals surface area (Å²) in [7, 11) is 0. The minimum absolute atomic E-state index is 0.791. The highest BCUT2D eigenvalue weighted by atomic mass is 15.2. The van der Waals surface area contributed by atoms with Crippen LogP contribution in [-0.4, -0.2) is 23.1 Å². The number of nitrogens with zero attached hydrogens (tertiary/aromatic N) is 3. The van der Waals surface area contributed by atoms with E-state index in [9.17, 15) is 0 Å². The van der Waals surface area contributed by atoms with Crippen molar-refractivity contribution in [1.29, 1.82) is 0 Å². The number of hydrogen-bond acceptors (Lipinski definition) is 3. The van der Waals surface area contributed by atoms with Gasteiger partial charge in [-0.15, -0.1) is 0 Å². The molecule has 2 aromatic rings. The highest BCUT2D eigenvalue weighted by molar-refractivity contribution is 5.30. The number of aromatic nitrogens is 2. The van der Waals surface area contributed by atoms with Crippen LogP contribution in [0.1, 0.15) is 24.0 Å². The van der Waals surface area contributed by atoms with Crippen molar-refractivity contribution in [3.8, 4) is 0 Å². The molecule has 0 atom stereocenters. The second kappa shape index (κ2) is 6.04. The average molecular weight is 267 g/mol. The smallest absolute Gasteiger partial charge is 0.225 e. The van der Waals surface area contributed by atoms with E-state index in [0.717, 1.165) is 30.5 Å². The van der Waals surface area contributed by atoms with Gasteiger partial charge in [-0.1, -0.05) is 30.3 Å². The number of aryl methyl sites for hydroxylation is 1. The molecule has 0 radical (unpaired) electrons. The van der Waals surface area contributed by atoms with Crippen molar-refractivity contribution in [2.75, 3.05) is 18.0 Å². The highest BCUT2D eigenvalue weighted by Gasteiger charge is 2.20. The first-order valence-corrected chi connectivity index (χ1v) is 7.39. The average Bonchev–Trinajstić information content (AvgIpc) is 2.50. The molecule has 1 saturated heterocycles. The number of piperidine rings is 1. The van der Waals surface area contributed by atoms with Crippen molar-refractivity contribution in [3.63, 3.8) is 0 Å². The van der Waals surface area contributed by atoms with Crippen molar-refractivity contribution in [3.05, 3.63) is 53.9 Å². The highest BCUT2D eigenvalue weighted by Crippen LogP contribution is 2.23. The third-order valence-corrected chi connectivity index (χ3v) is 4.03. The molecule has 0 spiro atoms. The quantitative estimate of drug-likeness (QED) is 0.855. The molecule has 0 saturated carbocycles. The van der Waals surface area contributed by atoms with Gasteiger partial charge < -0.3 is 4.90 Å². The van der Waals surface area contributed by atoms with Crippen molar-refractivity contribution >= 4 is 5.95 Å². The van der Waals surface area contributed by atoms with Crippen LogP contribution < -0.4 is 4.90 Å². The Morgan fingerprint density at radius 1 is 1.05 bits per heavy atom. The minimum Gasteiger partial charge on any atom is -0.341 e. The predicted molar refractivity (Wildman–Crippen MR) is 81.9 cm³/mol. The van der Waals surface area contributed by atoms with Gasteiger partial charge in [0.1, 0.15) is 0 Å². The maximum absolute atomic E-state index is 4.43. The van der Waals surface area contributed by atoms with Crippen molar-refractivity contribution in [1.82, 2.24) is 9.97 Å². The topological polar surface area (TPSA) is 29.0 Å². The Bertz CT molecular complexity index is 528. The molecule has 0 N–H and O–H groups in total. The first-order valence-electron chi connectivity index (χ1n) is 7.39. The van der Waals surface area contributed by atoms with Gasteiger partial charge in [0, 0.05) is 25.5 Å². The molecule has 0 aliphatic carbocycles. The zero-order valence-electron chi connectivity index (χ0n) is 12.0. The van der Waals surface area contributed by atoms with Crippen LogP contribution in [0.5, 0.6) is 0 Å². The number of hydrogen-bond donors (Lipinski definition) is 0. The van der Waals surface area contributed by atoms with Crippen molar-refractivity contribution in [2.45, 2.75) is 26.2 Å². The summed E-state index contributed by atoms with van der Waals surface area (Å²) in [4.78, 5) is 11.2. The Hall–Kier alpha value is -1.90. The largest absolute Gasteiger partial charge is 0.341 e. The van der Waals surface area contributed by atoms with E-state index >= 15 is 0 Å². The maximum atomic E-state index is 4.43. The third kappa shape index (κ3) is 3.16. The van der Waals surface area contributed by atoms with E-state index in [4.69, 9.17) is 0 Å². The van der Waals surface area contributed by atoms with Crippen LogP contribution in [-0.2, 0) is 6.42 Å². The van der Waals surface area contributed by atoms with Crippen LogP contribution in [0.3, 0.4) is 0 Å². The van der Waals surface area contributed by atoms with E-state index in [1.807, 2.05) is 19.3 Å². The van der Waals surface area contributed by atoms with Crippen molar-refractivity contribution in [2.24, 2.45) is 5.92 Å². The Balaban J connectivity index is 1.55. The standard InChI is InChI=1S/C17H21N3/c1-14-12-18-17(19-13-14)20-9-7-16(8-10-20)11-15-5-3-2-4-6-15/h2-6,12-13,16H,7-11H2,1H3. The van der Waals surface area contributed by atoms with E-state index in [-0.39, 0.29) is 0 Å². The van der Waals surface area contributed by atoms with Crippen LogP contribution in [0, 0.1) is 12.8 Å². The lowest BCUT2D eigenvalue weighted by molar-refractivity contribution is 0.400. The molecular formula is C17H21N3. The van der Waals surface area contributed by atoms with E-state index < -0.39 is 0 Å². The summed E-state index contributed by atoms with van der Waals surface area (Å²) in [6.07, 6.45) is 7.46. The molecule has 0 bridgehead atoms. The summed E-state index contributed by atoms with van der Waals surface area (Å²) in [5.74, 6) is 1.67. The molecule has 1 aliphatic heterocycles. The van der Waals surface area contributed by atoms with Gasteiger partial charge in [-0.25, -0.2) is 9.97 Å². The molecule has 2 heterocycles. The Labute approximate surface area is 120 Å². The van der Waals surface area contributed by atoms with Crippen LogP contribution in [0.25, 0.3) is 0 Å².